The van der Waals surface area contributed by atoms with Crippen LogP contribution in [0.4, 0.5) is 0 Å². The maximum atomic E-state index is 0. The summed E-state index contributed by atoms with van der Waals surface area (Å²) in [5.74, 6) is 0. The minimum Gasteiger partial charge on any atom is -0.147 e. The summed E-state index contributed by atoms with van der Waals surface area (Å²) in [5, 5.41) is 0. The Bertz CT molecular complexity index is 7.51. The number of hydrogen-bond acceptors (Lipinski definition) is 0. The van der Waals surface area contributed by atoms with Crippen LogP contribution >= 0.6 is 49.6 Å². The summed E-state index contributed by atoms with van der Waals surface area (Å²) in [5.41, 5.74) is 0. The molecule has 0 heterocycles. The molecule has 0 aromatic carbocycles. The van der Waals surface area contributed by atoms with Crippen molar-refractivity contribution in [3.8, 4) is 0 Å². The molecule has 0 aliphatic heterocycles. The van der Waals surface area contributed by atoms with Crippen molar-refractivity contribution < 1.29 is 34.1 Å². The first-order chi connectivity index (χ1) is 0. The predicted molar refractivity (Wildman–Crippen MR) is 29.0 cm³/mol. The fourth-order valence-corrected chi connectivity index (χ4v) is 0. The van der Waals surface area contributed by atoms with Gasteiger partial charge in [-0.1, -0.05) is 0 Å². The van der Waals surface area contributed by atoms with Crippen LogP contribution in [0.3, 0.4) is 0 Å². The van der Waals surface area contributed by atoms with E-state index in [-0.39, 0.29) is 83.8 Å². The van der Waals surface area contributed by atoms with E-state index in [1.165, 1.54) is 0 Å². The molecule has 0 nitrogen and oxygen atoms in total. The molecule has 6 heteroatoms. The van der Waals surface area contributed by atoms with Gasteiger partial charge in [0, 0.05) is 34.1 Å². The van der Waals surface area contributed by atoms with Crippen LogP contribution < -0.4 is 0 Å². The Hall–Kier alpha value is 2.20. The van der Waals surface area contributed by atoms with Crippen molar-refractivity contribution >= 4 is 49.6 Å². The molecule has 6 heavy (non-hydrogen) atoms. The van der Waals surface area contributed by atoms with E-state index in [2.05, 4.69) is 0 Å². The second-order valence-corrected chi connectivity index (χ2v) is 0. The average Bonchev–Trinajstić information content (AvgIpc) is 0. The molecule has 1 radical (unpaired) electrons. The molecular weight excluding hydrogens is 261 g/mol. The van der Waals surface area contributed by atoms with Gasteiger partial charge in [0.05, 0.1) is 0 Å². The van der Waals surface area contributed by atoms with Crippen LogP contribution in [0.1, 0.15) is 0 Å². The number of halogens is 4. The Morgan fingerprint density at radius 2 is 0.500 bits per heavy atom. The van der Waals surface area contributed by atoms with Gasteiger partial charge in [-0.05, 0) is 0 Å². The Balaban J connectivity index is 0. The molecular formula is H4Cl4CuFe. The van der Waals surface area contributed by atoms with E-state index in [0.717, 1.165) is 0 Å². The first kappa shape index (κ1) is 87.9. The van der Waals surface area contributed by atoms with Crippen molar-refractivity contribution in [1.29, 1.82) is 0 Å². The van der Waals surface area contributed by atoms with Crippen LogP contribution in [0, 0.1) is 0 Å². The fraction of sp³-hybridized carbons (Fsp3) is 0. The van der Waals surface area contributed by atoms with Gasteiger partial charge in [0.2, 0.25) is 0 Å². The van der Waals surface area contributed by atoms with Gasteiger partial charge in [-0.3, -0.25) is 0 Å². The minimum absolute atomic E-state index is 0. The maximum Gasteiger partial charge on any atom is 0 e. The topological polar surface area (TPSA) is 0 Å². The smallest absolute Gasteiger partial charge is 0 e. The molecule has 0 aromatic rings. The van der Waals surface area contributed by atoms with E-state index < -0.39 is 0 Å². The summed E-state index contributed by atoms with van der Waals surface area (Å²) < 4.78 is 0. The molecule has 0 N–H and O–H groups in total. The van der Waals surface area contributed by atoms with E-state index in [1.807, 2.05) is 0 Å². The van der Waals surface area contributed by atoms with Crippen molar-refractivity contribution in [3.05, 3.63) is 0 Å². The summed E-state index contributed by atoms with van der Waals surface area (Å²) >= 11 is 0. The Kier molecular flexibility index (Phi) is 838. The normalized spacial score (nSPS) is 0. The van der Waals surface area contributed by atoms with Crippen LogP contribution in [-0.4, -0.2) is 0 Å². The van der Waals surface area contributed by atoms with Crippen LogP contribution in [0.15, 0.2) is 0 Å². The molecule has 0 amide bonds. The van der Waals surface area contributed by atoms with Crippen LogP contribution in [-0.2, 0) is 34.1 Å². The second-order valence-electron chi connectivity index (χ2n) is 0. The molecule has 0 unspecified atom stereocenters. The summed E-state index contributed by atoms with van der Waals surface area (Å²) in [6, 6.07) is 0. The largest absolute Gasteiger partial charge is 0.147 e. The standard InChI is InChI=1S/4ClH.Cu.Fe/h4*1H;;. The van der Waals surface area contributed by atoms with Crippen LogP contribution in [0.2, 0.25) is 0 Å². The zero-order valence-corrected chi connectivity index (χ0v) is 7.60. The third-order valence-electron chi connectivity index (χ3n) is 0. The minimum atomic E-state index is 0. The van der Waals surface area contributed by atoms with Crippen molar-refractivity contribution in [2.75, 3.05) is 0 Å². The zero-order chi connectivity index (χ0) is 0. The van der Waals surface area contributed by atoms with Gasteiger partial charge in [-0.25, -0.2) is 0 Å². The average molecular weight is 265 g/mol. The molecule has 51 valence electrons. The van der Waals surface area contributed by atoms with Crippen molar-refractivity contribution in [3.63, 3.8) is 0 Å². The number of hydrogen-bond donors (Lipinski definition) is 0. The van der Waals surface area contributed by atoms with Gasteiger partial charge in [-0.15, -0.1) is 49.6 Å². The molecule has 0 aliphatic rings. The predicted octanol–water partition coefficient (Wildman–Crippen LogP) is 1.68. The molecule has 0 rings (SSSR count). The molecule has 0 aromatic heterocycles. The molecule has 0 bridgehead atoms. The number of rotatable bonds is 0. The van der Waals surface area contributed by atoms with Crippen molar-refractivity contribution in [2.45, 2.75) is 0 Å². The van der Waals surface area contributed by atoms with Crippen molar-refractivity contribution in [1.82, 2.24) is 0 Å². The Morgan fingerprint density at radius 3 is 0.500 bits per heavy atom. The van der Waals surface area contributed by atoms with Gasteiger partial charge in [0.1, 0.15) is 0 Å². The Morgan fingerprint density at radius 1 is 0.500 bits per heavy atom. The van der Waals surface area contributed by atoms with Crippen molar-refractivity contribution in [2.24, 2.45) is 0 Å². The van der Waals surface area contributed by atoms with E-state index in [4.69, 9.17) is 0 Å². The summed E-state index contributed by atoms with van der Waals surface area (Å²) in [4.78, 5) is 0. The third-order valence-corrected chi connectivity index (χ3v) is 0. The molecule has 0 aliphatic carbocycles. The van der Waals surface area contributed by atoms with Gasteiger partial charge in [0.25, 0.3) is 0 Å². The van der Waals surface area contributed by atoms with E-state index in [1.54, 1.807) is 0 Å². The molecule has 0 saturated carbocycles. The van der Waals surface area contributed by atoms with Crippen LogP contribution in [0.5, 0.6) is 0 Å². The van der Waals surface area contributed by atoms with E-state index in [9.17, 15) is 0 Å². The summed E-state index contributed by atoms with van der Waals surface area (Å²) in [6.07, 6.45) is 0. The second kappa shape index (κ2) is 57.2. The zero-order valence-electron chi connectivity index (χ0n) is 2.29. The third kappa shape index (κ3) is 34.7. The first-order valence-electron chi connectivity index (χ1n) is 0. The van der Waals surface area contributed by atoms with Gasteiger partial charge >= 0.3 is 0 Å². The summed E-state index contributed by atoms with van der Waals surface area (Å²) in [6.45, 7) is 0. The molecule has 0 saturated heterocycles. The van der Waals surface area contributed by atoms with Gasteiger partial charge in [-0.2, -0.15) is 0 Å². The van der Waals surface area contributed by atoms with Gasteiger partial charge in [0.15, 0.2) is 0 Å². The quantitative estimate of drug-likeness (QED) is 0.585. The summed E-state index contributed by atoms with van der Waals surface area (Å²) in [7, 11) is 0. The SMILES string of the molecule is Cl.Cl.Cl.Cl.[Cu].[Fe]. The monoisotopic (exact) mass is 263 g/mol. The van der Waals surface area contributed by atoms with Crippen LogP contribution in [0.25, 0.3) is 0 Å². The molecule has 0 fully saturated rings. The maximum absolute atomic E-state index is 0. The fourth-order valence-electron chi connectivity index (χ4n) is 0. The molecule has 0 atom stereocenters. The Labute approximate surface area is 83.2 Å². The van der Waals surface area contributed by atoms with Gasteiger partial charge < -0.3 is 0 Å². The van der Waals surface area contributed by atoms with E-state index >= 15 is 0 Å². The molecule has 0 spiro atoms. The van der Waals surface area contributed by atoms with E-state index in [0.29, 0.717) is 0 Å². The first-order valence-corrected chi connectivity index (χ1v) is 0.